The number of nitriles is 1. The minimum atomic E-state index is -1.43. The number of anilines is 1. The van der Waals surface area contributed by atoms with Crippen molar-refractivity contribution < 1.29 is 19.8 Å². The van der Waals surface area contributed by atoms with Crippen LogP contribution >= 0.6 is 11.6 Å². The summed E-state index contributed by atoms with van der Waals surface area (Å²) in [5, 5.41) is 30.9. The van der Waals surface area contributed by atoms with Crippen molar-refractivity contribution in [2.75, 3.05) is 11.9 Å². The summed E-state index contributed by atoms with van der Waals surface area (Å²) in [5.41, 5.74) is 0.324. The van der Waals surface area contributed by atoms with Crippen LogP contribution in [0, 0.1) is 11.3 Å². The molecule has 0 aliphatic heterocycles. The summed E-state index contributed by atoms with van der Waals surface area (Å²) in [6, 6.07) is 3.82. The van der Waals surface area contributed by atoms with Gasteiger partial charge in [-0.15, -0.1) is 0 Å². The lowest BCUT2D eigenvalue weighted by Gasteiger charge is -2.13. The third kappa shape index (κ3) is 4.13. The Kier molecular flexibility index (Phi) is 5.11. The van der Waals surface area contributed by atoms with Crippen molar-refractivity contribution in [2.24, 2.45) is 0 Å². The zero-order valence-corrected chi connectivity index (χ0v) is 10.3. The number of nitrogens with one attached hydrogen (secondary N) is 2. The SMILES string of the molecule is N#Cc1ccc(Cl)cc1NC(=O)NC(CO)C(=O)O. The Morgan fingerprint density at radius 3 is 2.68 bits per heavy atom. The molecule has 4 N–H and O–H groups in total. The number of aliphatic hydroxyl groups excluding tert-OH is 1. The minimum Gasteiger partial charge on any atom is -0.480 e. The van der Waals surface area contributed by atoms with Gasteiger partial charge in [-0.1, -0.05) is 11.6 Å². The summed E-state index contributed by atoms with van der Waals surface area (Å²) in [5.74, 6) is -1.37. The van der Waals surface area contributed by atoms with Gasteiger partial charge in [-0.25, -0.2) is 9.59 Å². The number of halogens is 1. The predicted octanol–water partition coefficient (Wildman–Crippen LogP) is 0.779. The number of carboxylic acids is 1. The van der Waals surface area contributed by atoms with Crippen molar-refractivity contribution in [1.82, 2.24) is 5.32 Å². The first kappa shape index (κ1) is 14.8. The maximum Gasteiger partial charge on any atom is 0.328 e. The molecule has 8 heteroatoms. The molecule has 0 aromatic heterocycles. The Morgan fingerprint density at radius 2 is 2.16 bits per heavy atom. The number of aliphatic carboxylic acids is 1. The average Bonchev–Trinajstić information content (AvgIpc) is 2.35. The van der Waals surface area contributed by atoms with E-state index in [-0.39, 0.29) is 11.3 Å². The molecular weight excluding hydrogens is 274 g/mol. The highest BCUT2D eigenvalue weighted by atomic mass is 35.5. The molecule has 1 atom stereocenters. The number of benzene rings is 1. The van der Waals surface area contributed by atoms with Crippen LogP contribution in [0.25, 0.3) is 0 Å². The molecule has 7 nitrogen and oxygen atoms in total. The van der Waals surface area contributed by atoms with Crippen LogP contribution in [-0.4, -0.2) is 34.9 Å². The molecule has 19 heavy (non-hydrogen) atoms. The molecule has 0 aliphatic carbocycles. The Morgan fingerprint density at radius 1 is 1.47 bits per heavy atom. The molecule has 1 aromatic carbocycles. The predicted molar refractivity (Wildman–Crippen MR) is 66.8 cm³/mol. The number of carbonyl (C=O) groups is 2. The van der Waals surface area contributed by atoms with Crippen molar-refractivity contribution in [3.63, 3.8) is 0 Å². The van der Waals surface area contributed by atoms with Crippen molar-refractivity contribution in [3.05, 3.63) is 28.8 Å². The van der Waals surface area contributed by atoms with E-state index in [1.165, 1.54) is 18.2 Å². The van der Waals surface area contributed by atoms with E-state index in [0.29, 0.717) is 5.02 Å². The van der Waals surface area contributed by atoms with Crippen LogP contribution in [0.5, 0.6) is 0 Å². The molecular formula is C11H10ClN3O4. The zero-order chi connectivity index (χ0) is 14.4. The minimum absolute atomic E-state index is 0.148. The van der Waals surface area contributed by atoms with E-state index in [1.54, 1.807) is 0 Å². The zero-order valence-electron chi connectivity index (χ0n) is 9.55. The lowest BCUT2D eigenvalue weighted by atomic mass is 10.2. The highest BCUT2D eigenvalue weighted by Crippen LogP contribution is 2.20. The van der Waals surface area contributed by atoms with Crippen molar-refractivity contribution in [2.45, 2.75) is 6.04 Å². The average molecular weight is 284 g/mol. The third-order valence-electron chi connectivity index (χ3n) is 2.14. The van der Waals surface area contributed by atoms with Crippen molar-refractivity contribution >= 4 is 29.3 Å². The van der Waals surface area contributed by atoms with E-state index in [9.17, 15) is 9.59 Å². The number of hydrogen-bond acceptors (Lipinski definition) is 4. The van der Waals surface area contributed by atoms with Gasteiger partial charge in [-0.2, -0.15) is 5.26 Å². The molecule has 0 bridgehead atoms. The lowest BCUT2D eigenvalue weighted by molar-refractivity contribution is -0.140. The first-order chi connectivity index (χ1) is 8.97. The van der Waals surface area contributed by atoms with Gasteiger partial charge in [0.25, 0.3) is 0 Å². The second-order valence-corrected chi connectivity index (χ2v) is 3.91. The van der Waals surface area contributed by atoms with E-state index in [4.69, 9.17) is 27.1 Å². The first-order valence-corrected chi connectivity index (χ1v) is 5.46. The van der Waals surface area contributed by atoms with Gasteiger partial charge in [0, 0.05) is 5.02 Å². The molecule has 0 spiro atoms. The molecule has 0 radical (unpaired) electrons. The topological polar surface area (TPSA) is 122 Å². The number of rotatable bonds is 4. The number of urea groups is 1. The van der Waals surface area contributed by atoms with Crippen LogP contribution in [-0.2, 0) is 4.79 Å². The Balaban J connectivity index is 2.80. The summed E-state index contributed by atoms with van der Waals surface area (Å²) < 4.78 is 0. The largest absolute Gasteiger partial charge is 0.480 e. The number of carboxylic acid groups (broad SMARTS) is 1. The second kappa shape index (κ2) is 6.58. The van der Waals surface area contributed by atoms with Gasteiger partial charge in [-0.3, -0.25) is 0 Å². The van der Waals surface area contributed by atoms with E-state index < -0.39 is 24.6 Å². The van der Waals surface area contributed by atoms with Gasteiger partial charge in [0.1, 0.15) is 6.07 Å². The van der Waals surface area contributed by atoms with E-state index in [2.05, 4.69) is 5.32 Å². The number of amides is 2. The molecule has 0 saturated heterocycles. The fraction of sp³-hybridized carbons (Fsp3) is 0.182. The molecule has 0 fully saturated rings. The summed E-state index contributed by atoms with van der Waals surface area (Å²) in [6.07, 6.45) is 0. The van der Waals surface area contributed by atoms with Gasteiger partial charge >= 0.3 is 12.0 Å². The van der Waals surface area contributed by atoms with Crippen LogP contribution in [0.1, 0.15) is 5.56 Å². The summed E-state index contributed by atoms with van der Waals surface area (Å²) in [7, 11) is 0. The van der Waals surface area contributed by atoms with Crippen LogP contribution < -0.4 is 10.6 Å². The Hall–Kier alpha value is -2.30. The maximum atomic E-state index is 11.5. The number of hydrogen-bond donors (Lipinski definition) is 4. The van der Waals surface area contributed by atoms with Gasteiger partial charge in [-0.05, 0) is 18.2 Å². The molecule has 1 unspecified atom stereocenters. The van der Waals surface area contributed by atoms with Gasteiger partial charge in [0.15, 0.2) is 6.04 Å². The van der Waals surface area contributed by atoms with Crippen LogP contribution in [0.4, 0.5) is 10.5 Å². The van der Waals surface area contributed by atoms with Gasteiger partial charge in [0.05, 0.1) is 17.9 Å². The normalized spacial score (nSPS) is 11.2. The quantitative estimate of drug-likeness (QED) is 0.650. The highest BCUT2D eigenvalue weighted by molar-refractivity contribution is 6.31. The molecule has 1 aromatic rings. The van der Waals surface area contributed by atoms with E-state index in [1.807, 2.05) is 11.4 Å². The fourth-order valence-corrected chi connectivity index (χ4v) is 1.39. The molecule has 2 amide bonds. The number of carbonyl (C=O) groups excluding carboxylic acids is 1. The van der Waals surface area contributed by atoms with Crippen molar-refractivity contribution in [1.29, 1.82) is 5.26 Å². The maximum absolute atomic E-state index is 11.5. The lowest BCUT2D eigenvalue weighted by Crippen LogP contribution is -2.45. The van der Waals surface area contributed by atoms with Gasteiger partial charge in [0.2, 0.25) is 0 Å². The Bertz CT molecular complexity index is 541. The summed E-state index contributed by atoms with van der Waals surface area (Å²) >= 11 is 5.73. The second-order valence-electron chi connectivity index (χ2n) is 3.47. The molecule has 0 saturated carbocycles. The molecule has 0 aliphatic rings. The van der Waals surface area contributed by atoms with Crippen LogP contribution in [0.3, 0.4) is 0 Å². The van der Waals surface area contributed by atoms with Crippen molar-refractivity contribution in [3.8, 4) is 6.07 Å². The summed E-state index contributed by atoms with van der Waals surface area (Å²) in [6.45, 7) is -0.747. The Labute approximate surface area is 113 Å². The standard InChI is InChI=1S/C11H10ClN3O4/c12-7-2-1-6(4-13)8(3-7)14-11(19)15-9(5-16)10(17)18/h1-3,9,16H,5H2,(H,17,18)(H2,14,15,19). The summed E-state index contributed by atoms with van der Waals surface area (Å²) in [4.78, 5) is 22.1. The van der Waals surface area contributed by atoms with Crippen LogP contribution in [0.15, 0.2) is 18.2 Å². The van der Waals surface area contributed by atoms with Gasteiger partial charge < -0.3 is 20.8 Å². The first-order valence-electron chi connectivity index (χ1n) is 5.08. The molecule has 1 rings (SSSR count). The highest BCUT2D eigenvalue weighted by Gasteiger charge is 2.19. The molecule has 0 heterocycles. The fourth-order valence-electron chi connectivity index (χ4n) is 1.22. The van der Waals surface area contributed by atoms with Crippen LogP contribution in [0.2, 0.25) is 5.02 Å². The monoisotopic (exact) mass is 283 g/mol. The number of nitrogens with zero attached hydrogens (tertiary/aromatic N) is 1. The number of aliphatic hydroxyl groups is 1. The molecule has 100 valence electrons. The van der Waals surface area contributed by atoms with E-state index in [0.717, 1.165) is 0 Å². The third-order valence-corrected chi connectivity index (χ3v) is 2.37. The smallest absolute Gasteiger partial charge is 0.328 e. The van der Waals surface area contributed by atoms with E-state index >= 15 is 0 Å².